The smallest absolute Gasteiger partial charge is 0.358 e. The monoisotopic (exact) mass is 427 g/mol. The Bertz CT molecular complexity index is 802. The van der Waals surface area contributed by atoms with Crippen molar-refractivity contribution in [3.8, 4) is 0 Å². The van der Waals surface area contributed by atoms with E-state index in [9.17, 15) is 9.59 Å². The van der Waals surface area contributed by atoms with Gasteiger partial charge in [-0.3, -0.25) is 9.48 Å². The van der Waals surface area contributed by atoms with Crippen LogP contribution in [0.2, 0.25) is 0 Å². The Morgan fingerprint density at radius 2 is 1.68 bits per heavy atom. The van der Waals surface area contributed by atoms with Gasteiger partial charge in [0.05, 0.1) is 18.1 Å². The Hall–Kier alpha value is -1.85. The van der Waals surface area contributed by atoms with Crippen molar-refractivity contribution in [2.24, 2.45) is 23.2 Å². The summed E-state index contributed by atoms with van der Waals surface area (Å²) < 4.78 is 7.22. The van der Waals surface area contributed by atoms with Crippen LogP contribution < -0.4 is 0 Å². The molecule has 6 heteroatoms. The standard InChI is InChI=1S/C25H37N3O3/c1-3-5-21-13-22(23(29)31-4-2)26-28(21)20-6-8-27(9-7-20)24(30)25-14-17-10-18(15-25)12-19(11-17)16-25/h13,17-20H,3-12,14-16H2,1-2H3. The molecule has 6 rings (SSSR count). The average Bonchev–Trinajstić information content (AvgIpc) is 3.17. The molecule has 1 saturated heterocycles. The SMILES string of the molecule is CCCc1cc(C(=O)OCC)nn1C1CCN(C(=O)C23CC4CC(CC(C4)C2)C3)CC1. The lowest BCUT2D eigenvalue weighted by atomic mass is 9.49. The molecule has 0 radical (unpaired) electrons. The Morgan fingerprint density at radius 3 is 2.23 bits per heavy atom. The molecule has 4 bridgehead atoms. The van der Waals surface area contributed by atoms with Crippen LogP contribution in [-0.2, 0) is 16.0 Å². The maximum atomic E-state index is 13.7. The van der Waals surface area contributed by atoms with Gasteiger partial charge >= 0.3 is 5.97 Å². The number of carbonyl (C=O) groups is 2. The van der Waals surface area contributed by atoms with Gasteiger partial charge < -0.3 is 9.64 Å². The van der Waals surface area contributed by atoms with Crippen LogP contribution >= 0.6 is 0 Å². The molecule has 1 amide bonds. The van der Waals surface area contributed by atoms with E-state index in [0.717, 1.165) is 81.5 Å². The summed E-state index contributed by atoms with van der Waals surface area (Å²) in [6.07, 6.45) is 11.3. The average molecular weight is 428 g/mol. The number of aromatic nitrogens is 2. The first-order valence-electron chi connectivity index (χ1n) is 12.6. The van der Waals surface area contributed by atoms with Crippen molar-refractivity contribution in [3.63, 3.8) is 0 Å². The molecule has 31 heavy (non-hydrogen) atoms. The number of rotatable bonds is 6. The summed E-state index contributed by atoms with van der Waals surface area (Å²) in [5.41, 5.74) is 1.48. The summed E-state index contributed by atoms with van der Waals surface area (Å²) in [6.45, 7) is 5.95. The highest BCUT2D eigenvalue weighted by atomic mass is 16.5. The van der Waals surface area contributed by atoms with Crippen LogP contribution in [0.1, 0.15) is 93.9 Å². The minimum Gasteiger partial charge on any atom is -0.461 e. The number of likely N-dealkylation sites (tertiary alicyclic amines) is 1. The molecule has 4 saturated carbocycles. The van der Waals surface area contributed by atoms with Crippen LogP contribution in [0, 0.1) is 23.2 Å². The summed E-state index contributed by atoms with van der Waals surface area (Å²) in [5, 5.41) is 4.63. The van der Waals surface area contributed by atoms with Crippen molar-refractivity contribution < 1.29 is 14.3 Å². The van der Waals surface area contributed by atoms with E-state index in [1.54, 1.807) is 0 Å². The number of nitrogens with zero attached hydrogens (tertiary/aromatic N) is 3. The largest absolute Gasteiger partial charge is 0.461 e. The molecule has 2 heterocycles. The number of aryl methyl sites for hydroxylation is 1. The lowest BCUT2D eigenvalue weighted by Gasteiger charge is -2.57. The minimum absolute atomic E-state index is 0.0439. The Morgan fingerprint density at radius 1 is 1.06 bits per heavy atom. The molecule has 0 atom stereocenters. The predicted molar refractivity (Wildman–Crippen MR) is 118 cm³/mol. The van der Waals surface area contributed by atoms with Crippen LogP contribution in [0.25, 0.3) is 0 Å². The molecular formula is C25H37N3O3. The second-order valence-corrected chi connectivity index (χ2v) is 10.7. The van der Waals surface area contributed by atoms with Gasteiger partial charge in [0, 0.05) is 18.8 Å². The van der Waals surface area contributed by atoms with E-state index < -0.39 is 0 Å². The number of esters is 1. The third-order valence-corrected chi connectivity index (χ3v) is 8.39. The molecular weight excluding hydrogens is 390 g/mol. The predicted octanol–water partition coefficient (Wildman–Crippen LogP) is 4.39. The summed E-state index contributed by atoms with van der Waals surface area (Å²) in [5.74, 6) is 2.51. The van der Waals surface area contributed by atoms with Gasteiger partial charge in [0.15, 0.2) is 5.69 Å². The zero-order valence-electron chi connectivity index (χ0n) is 19.1. The fourth-order valence-electron chi connectivity index (χ4n) is 7.52. The van der Waals surface area contributed by atoms with E-state index in [1.807, 2.05) is 13.0 Å². The summed E-state index contributed by atoms with van der Waals surface area (Å²) in [6, 6.07) is 2.15. The maximum Gasteiger partial charge on any atom is 0.358 e. The highest BCUT2D eigenvalue weighted by molar-refractivity contribution is 5.87. The van der Waals surface area contributed by atoms with Crippen molar-refractivity contribution in [3.05, 3.63) is 17.5 Å². The second-order valence-electron chi connectivity index (χ2n) is 10.7. The molecule has 0 spiro atoms. The normalized spacial score (nSPS) is 32.5. The van der Waals surface area contributed by atoms with Gasteiger partial charge in [0.25, 0.3) is 0 Å². The van der Waals surface area contributed by atoms with E-state index in [0.29, 0.717) is 18.2 Å². The van der Waals surface area contributed by atoms with Gasteiger partial charge in [-0.2, -0.15) is 5.10 Å². The molecule has 170 valence electrons. The van der Waals surface area contributed by atoms with Gasteiger partial charge in [-0.15, -0.1) is 0 Å². The summed E-state index contributed by atoms with van der Waals surface area (Å²) in [4.78, 5) is 28.0. The maximum absolute atomic E-state index is 13.7. The van der Waals surface area contributed by atoms with E-state index >= 15 is 0 Å². The Labute approximate surface area is 185 Å². The van der Waals surface area contributed by atoms with Crippen molar-refractivity contribution >= 4 is 11.9 Å². The first-order valence-corrected chi connectivity index (χ1v) is 12.6. The first-order chi connectivity index (χ1) is 15.0. The van der Waals surface area contributed by atoms with E-state index in [4.69, 9.17) is 4.74 Å². The summed E-state index contributed by atoms with van der Waals surface area (Å²) in [7, 11) is 0. The number of piperidine rings is 1. The highest BCUT2D eigenvalue weighted by Crippen LogP contribution is 2.60. The van der Waals surface area contributed by atoms with Crippen molar-refractivity contribution in [1.82, 2.24) is 14.7 Å². The zero-order valence-corrected chi connectivity index (χ0v) is 19.1. The van der Waals surface area contributed by atoms with Crippen LogP contribution in [0.3, 0.4) is 0 Å². The minimum atomic E-state index is -0.340. The van der Waals surface area contributed by atoms with Gasteiger partial charge in [0.2, 0.25) is 5.91 Å². The van der Waals surface area contributed by atoms with Gasteiger partial charge in [0.1, 0.15) is 0 Å². The molecule has 0 aromatic carbocycles. The zero-order chi connectivity index (χ0) is 21.6. The molecule has 5 fully saturated rings. The number of hydrogen-bond donors (Lipinski definition) is 0. The number of carbonyl (C=O) groups excluding carboxylic acids is 2. The lowest BCUT2D eigenvalue weighted by Crippen LogP contribution is -2.55. The van der Waals surface area contributed by atoms with Crippen molar-refractivity contribution in [2.45, 2.75) is 84.1 Å². The van der Waals surface area contributed by atoms with Crippen LogP contribution in [-0.4, -0.2) is 46.3 Å². The van der Waals surface area contributed by atoms with Crippen molar-refractivity contribution in [1.29, 1.82) is 0 Å². The topological polar surface area (TPSA) is 64.4 Å². The molecule has 1 aromatic heterocycles. The molecule has 5 aliphatic rings. The molecule has 1 aromatic rings. The number of ether oxygens (including phenoxy) is 1. The fraction of sp³-hybridized carbons (Fsp3) is 0.800. The molecule has 6 nitrogen and oxygen atoms in total. The fourth-order valence-corrected chi connectivity index (χ4v) is 7.52. The number of hydrogen-bond acceptors (Lipinski definition) is 4. The summed E-state index contributed by atoms with van der Waals surface area (Å²) >= 11 is 0. The molecule has 4 aliphatic carbocycles. The highest BCUT2D eigenvalue weighted by Gasteiger charge is 2.55. The van der Waals surface area contributed by atoms with Crippen LogP contribution in [0.4, 0.5) is 0 Å². The molecule has 1 aliphatic heterocycles. The van der Waals surface area contributed by atoms with Gasteiger partial charge in [-0.25, -0.2) is 4.79 Å². The Kier molecular flexibility index (Phi) is 5.59. The first kappa shape index (κ1) is 21.0. The number of amides is 1. The third kappa shape index (κ3) is 3.80. The van der Waals surface area contributed by atoms with Crippen molar-refractivity contribution in [2.75, 3.05) is 19.7 Å². The second kappa shape index (κ2) is 8.25. The Balaban J connectivity index is 1.26. The van der Waals surface area contributed by atoms with Gasteiger partial charge in [-0.1, -0.05) is 13.3 Å². The van der Waals surface area contributed by atoms with Crippen LogP contribution in [0.15, 0.2) is 6.07 Å². The van der Waals surface area contributed by atoms with E-state index in [2.05, 4.69) is 21.6 Å². The van der Waals surface area contributed by atoms with Gasteiger partial charge in [-0.05, 0) is 88.5 Å². The molecule has 0 N–H and O–H groups in total. The van der Waals surface area contributed by atoms with E-state index in [-0.39, 0.29) is 17.4 Å². The quantitative estimate of drug-likeness (QED) is 0.632. The molecule has 0 unspecified atom stereocenters. The lowest BCUT2D eigenvalue weighted by molar-refractivity contribution is -0.159. The van der Waals surface area contributed by atoms with Crippen LogP contribution in [0.5, 0.6) is 0 Å². The third-order valence-electron chi connectivity index (χ3n) is 8.39. The van der Waals surface area contributed by atoms with E-state index in [1.165, 1.54) is 19.3 Å².